The molecule has 128 valence electrons. The lowest BCUT2D eigenvalue weighted by Gasteiger charge is -2.32. The van der Waals surface area contributed by atoms with Crippen molar-refractivity contribution in [1.82, 2.24) is 0 Å². The number of ketones is 1. The maximum absolute atomic E-state index is 12.0. The molecule has 6 heteroatoms. The fourth-order valence-electron chi connectivity index (χ4n) is 2.52. The van der Waals surface area contributed by atoms with Gasteiger partial charge in [-0.15, -0.1) is 0 Å². The first-order valence-electron chi connectivity index (χ1n) is 7.63. The molecule has 0 unspecified atom stereocenters. The number of carboxylic acid groups (broad SMARTS) is 1. The summed E-state index contributed by atoms with van der Waals surface area (Å²) in [6, 6.07) is 0. The van der Waals surface area contributed by atoms with Gasteiger partial charge in [-0.05, 0) is 38.8 Å². The van der Waals surface area contributed by atoms with Crippen LogP contribution in [0, 0.1) is 5.92 Å². The van der Waals surface area contributed by atoms with Crippen molar-refractivity contribution in [2.75, 3.05) is 13.2 Å². The molecular formula is C17H24O6. The van der Waals surface area contributed by atoms with E-state index in [1.54, 1.807) is 6.92 Å². The normalized spacial score (nSPS) is 23.5. The number of aliphatic hydroxyl groups is 1. The molecule has 0 aromatic rings. The number of carboxylic acids is 1. The number of rotatable bonds is 3. The molecule has 0 aromatic carbocycles. The first-order chi connectivity index (χ1) is 10.8. The summed E-state index contributed by atoms with van der Waals surface area (Å²) in [7, 11) is 0. The minimum Gasteiger partial charge on any atom is -0.507 e. The third-order valence-corrected chi connectivity index (χ3v) is 3.94. The van der Waals surface area contributed by atoms with E-state index >= 15 is 0 Å². The van der Waals surface area contributed by atoms with Gasteiger partial charge in [0.05, 0.1) is 11.8 Å². The highest BCUT2D eigenvalue weighted by Crippen LogP contribution is 2.39. The minimum atomic E-state index is -1.43. The lowest BCUT2D eigenvalue weighted by atomic mass is 9.78. The molecule has 0 saturated heterocycles. The van der Waals surface area contributed by atoms with Gasteiger partial charge in [-0.25, -0.2) is 4.79 Å². The number of carbonyl (C=O) groups excluding carboxylic acids is 1. The van der Waals surface area contributed by atoms with Crippen molar-refractivity contribution in [2.45, 2.75) is 40.7 Å². The van der Waals surface area contributed by atoms with Crippen LogP contribution < -0.4 is 0 Å². The SMILES string of the molecule is CC1=C2C(=CO[C@H](C)[C@H]2C)C(=O)C(C(=O)O)=C1O.CCOCC. The summed E-state index contributed by atoms with van der Waals surface area (Å²) in [5.74, 6) is -2.64. The van der Waals surface area contributed by atoms with Crippen molar-refractivity contribution in [2.24, 2.45) is 5.92 Å². The van der Waals surface area contributed by atoms with Crippen LogP contribution in [0.5, 0.6) is 0 Å². The van der Waals surface area contributed by atoms with E-state index in [0.29, 0.717) is 11.1 Å². The second-order valence-electron chi connectivity index (χ2n) is 5.34. The van der Waals surface area contributed by atoms with E-state index in [2.05, 4.69) is 0 Å². The Hall–Kier alpha value is -2.08. The number of aliphatic carboxylic acids is 1. The summed E-state index contributed by atoms with van der Waals surface area (Å²) in [5, 5.41) is 18.8. The van der Waals surface area contributed by atoms with Crippen molar-refractivity contribution in [1.29, 1.82) is 0 Å². The van der Waals surface area contributed by atoms with Crippen LogP contribution in [0.4, 0.5) is 0 Å². The molecule has 0 saturated carbocycles. The fourth-order valence-corrected chi connectivity index (χ4v) is 2.52. The van der Waals surface area contributed by atoms with E-state index < -0.39 is 23.1 Å². The Kier molecular flexibility index (Phi) is 6.57. The zero-order valence-electron chi connectivity index (χ0n) is 14.2. The summed E-state index contributed by atoms with van der Waals surface area (Å²) in [6.07, 6.45) is 1.17. The van der Waals surface area contributed by atoms with Gasteiger partial charge in [-0.1, -0.05) is 6.92 Å². The molecule has 0 aromatic heterocycles. The Bertz CT molecular complexity index is 580. The van der Waals surface area contributed by atoms with Crippen molar-refractivity contribution >= 4 is 11.8 Å². The molecule has 0 fully saturated rings. The molecule has 2 aliphatic rings. The van der Waals surface area contributed by atoms with E-state index in [4.69, 9.17) is 14.6 Å². The van der Waals surface area contributed by atoms with E-state index in [0.717, 1.165) is 13.2 Å². The highest BCUT2D eigenvalue weighted by molar-refractivity contribution is 6.26. The van der Waals surface area contributed by atoms with Crippen LogP contribution in [0.2, 0.25) is 0 Å². The number of ether oxygens (including phenoxy) is 2. The summed E-state index contributed by atoms with van der Waals surface area (Å²) < 4.78 is 10.2. The smallest absolute Gasteiger partial charge is 0.343 e. The zero-order chi connectivity index (χ0) is 17.7. The van der Waals surface area contributed by atoms with Gasteiger partial charge in [0.15, 0.2) is 0 Å². The largest absolute Gasteiger partial charge is 0.507 e. The quantitative estimate of drug-likeness (QED) is 0.775. The van der Waals surface area contributed by atoms with Crippen molar-refractivity contribution in [3.63, 3.8) is 0 Å². The number of Topliss-reactive ketones (excluding diaryl/α,β-unsaturated/α-hetero) is 1. The maximum atomic E-state index is 12.0. The number of aliphatic hydroxyl groups excluding tert-OH is 1. The van der Waals surface area contributed by atoms with E-state index in [1.165, 1.54) is 6.26 Å². The molecule has 6 nitrogen and oxygen atoms in total. The van der Waals surface area contributed by atoms with Crippen molar-refractivity contribution in [3.05, 3.63) is 34.3 Å². The molecule has 0 amide bonds. The Morgan fingerprint density at radius 1 is 1.30 bits per heavy atom. The van der Waals surface area contributed by atoms with Crippen LogP contribution in [-0.4, -0.2) is 41.3 Å². The van der Waals surface area contributed by atoms with Crippen LogP contribution in [0.15, 0.2) is 34.3 Å². The highest BCUT2D eigenvalue weighted by atomic mass is 16.5. The van der Waals surface area contributed by atoms with Gasteiger partial charge in [-0.3, -0.25) is 4.79 Å². The average Bonchev–Trinajstić information content (AvgIpc) is 2.49. The Balaban J connectivity index is 0.000000463. The van der Waals surface area contributed by atoms with Crippen LogP contribution in [-0.2, 0) is 19.1 Å². The fraction of sp³-hybridized carbons (Fsp3) is 0.529. The molecule has 2 N–H and O–H groups in total. The highest BCUT2D eigenvalue weighted by Gasteiger charge is 2.39. The molecule has 1 aliphatic carbocycles. The average molecular weight is 324 g/mol. The van der Waals surface area contributed by atoms with E-state index in [1.807, 2.05) is 27.7 Å². The van der Waals surface area contributed by atoms with E-state index in [9.17, 15) is 14.7 Å². The summed E-state index contributed by atoms with van der Waals surface area (Å²) in [6.45, 7) is 11.0. The number of carbonyl (C=O) groups is 2. The topological polar surface area (TPSA) is 93.1 Å². The van der Waals surface area contributed by atoms with E-state index in [-0.39, 0.29) is 17.6 Å². The summed E-state index contributed by atoms with van der Waals surface area (Å²) in [4.78, 5) is 23.0. The van der Waals surface area contributed by atoms with Gasteiger partial charge < -0.3 is 19.7 Å². The first kappa shape index (κ1) is 19.0. The Morgan fingerprint density at radius 3 is 2.30 bits per heavy atom. The third-order valence-electron chi connectivity index (χ3n) is 3.94. The molecular weight excluding hydrogens is 300 g/mol. The zero-order valence-corrected chi connectivity index (χ0v) is 14.2. The van der Waals surface area contributed by atoms with Gasteiger partial charge in [0, 0.05) is 19.1 Å². The molecule has 0 spiro atoms. The molecule has 2 atom stereocenters. The molecule has 23 heavy (non-hydrogen) atoms. The second kappa shape index (κ2) is 7.97. The van der Waals surface area contributed by atoms with Crippen molar-refractivity contribution in [3.8, 4) is 0 Å². The lowest BCUT2D eigenvalue weighted by molar-refractivity contribution is -0.134. The van der Waals surface area contributed by atoms with Crippen LogP contribution in [0.1, 0.15) is 34.6 Å². The van der Waals surface area contributed by atoms with Gasteiger partial charge in [-0.2, -0.15) is 0 Å². The number of allylic oxidation sites excluding steroid dienone is 2. The van der Waals surface area contributed by atoms with Crippen LogP contribution in [0.3, 0.4) is 0 Å². The number of hydrogen-bond acceptors (Lipinski definition) is 5. The summed E-state index contributed by atoms with van der Waals surface area (Å²) in [5.41, 5.74) is 0.739. The maximum Gasteiger partial charge on any atom is 0.343 e. The molecule has 1 aliphatic heterocycles. The predicted octanol–water partition coefficient (Wildman–Crippen LogP) is 2.76. The predicted molar refractivity (Wildman–Crippen MR) is 85.0 cm³/mol. The van der Waals surface area contributed by atoms with Gasteiger partial charge in [0.1, 0.15) is 17.4 Å². The lowest BCUT2D eigenvalue weighted by Crippen LogP contribution is -2.32. The molecule has 1 heterocycles. The first-order valence-corrected chi connectivity index (χ1v) is 7.63. The van der Waals surface area contributed by atoms with Crippen molar-refractivity contribution < 1.29 is 29.3 Å². The van der Waals surface area contributed by atoms with Gasteiger partial charge in [0.25, 0.3) is 0 Å². The number of fused-ring (bicyclic) bond motifs is 1. The standard InChI is InChI=1S/C13H14O5.C4H10O/c1-5-7(3)18-4-8-9(5)6(2)11(14)10(12(8)15)13(16)17;1-3-5-4-2/h4-5,7,14H,1-3H3,(H,16,17);3-4H2,1-2H3/t5-,7-;/m1./s1. The Morgan fingerprint density at radius 2 is 1.87 bits per heavy atom. The second-order valence-corrected chi connectivity index (χ2v) is 5.34. The molecule has 0 radical (unpaired) electrons. The van der Waals surface area contributed by atoms with Crippen LogP contribution >= 0.6 is 0 Å². The van der Waals surface area contributed by atoms with Gasteiger partial charge >= 0.3 is 5.97 Å². The number of hydrogen-bond donors (Lipinski definition) is 2. The molecule has 0 bridgehead atoms. The Labute approximate surface area is 136 Å². The summed E-state index contributed by atoms with van der Waals surface area (Å²) >= 11 is 0. The van der Waals surface area contributed by atoms with Crippen LogP contribution in [0.25, 0.3) is 0 Å². The molecule has 2 rings (SSSR count). The van der Waals surface area contributed by atoms with Gasteiger partial charge in [0.2, 0.25) is 5.78 Å². The third kappa shape index (κ3) is 3.82. The monoisotopic (exact) mass is 324 g/mol. The minimum absolute atomic E-state index is 0.0774.